The summed E-state index contributed by atoms with van der Waals surface area (Å²) in [5, 5.41) is 14.6. The first-order valence-corrected chi connectivity index (χ1v) is 11.7. The molecule has 1 unspecified atom stereocenters. The van der Waals surface area contributed by atoms with Crippen LogP contribution in [0.4, 0.5) is 4.39 Å². The van der Waals surface area contributed by atoms with E-state index in [2.05, 4.69) is 5.32 Å². The summed E-state index contributed by atoms with van der Waals surface area (Å²) in [5.74, 6) is -1.37. The van der Waals surface area contributed by atoms with Crippen LogP contribution in [0.15, 0.2) is 33.9 Å². The number of fused-ring (bicyclic) bond motifs is 5. The Bertz CT molecular complexity index is 1520. The van der Waals surface area contributed by atoms with Crippen molar-refractivity contribution in [3.8, 4) is 11.3 Å². The van der Waals surface area contributed by atoms with E-state index in [1.54, 1.807) is 19.1 Å². The van der Waals surface area contributed by atoms with E-state index in [0.29, 0.717) is 36.6 Å². The van der Waals surface area contributed by atoms with Crippen LogP contribution >= 0.6 is 0 Å². The average Bonchev–Trinajstić information content (AvgIpc) is 3.25. The van der Waals surface area contributed by atoms with E-state index in [4.69, 9.17) is 9.47 Å². The molecule has 2 aromatic heterocycles. The van der Waals surface area contributed by atoms with Gasteiger partial charge in [-0.05, 0) is 30.7 Å². The molecule has 3 aromatic rings. The Morgan fingerprint density at radius 2 is 2.09 bits per heavy atom. The van der Waals surface area contributed by atoms with Crippen molar-refractivity contribution in [2.45, 2.75) is 44.7 Å². The van der Waals surface area contributed by atoms with Crippen LogP contribution in [-0.2, 0) is 39.6 Å². The number of cyclic esters (lactones) is 1. The van der Waals surface area contributed by atoms with Crippen molar-refractivity contribution in [3.63, 3.8) is 0 Å². The number of halogens is 1. The van der Waals surface area contributed by atoms with Crippen molar-refractivity contribution < 1.29 is 23.8 Å². The molecular formula is C25H24FN3O6. The van der Waals surface area contributed by atoms with Gasteiger partial charge in [-0.25, -0.2) is 9.18 Å². The minimum absolute atomic E-state index is 0.00770. The molecule has 0 bridgehead atoms. The number of aliphatic hydroxyl groups is 1. The van der Waals surface area contributed by atoms with Gasteiger partial charge in [-0.15, -0.1) is 0 Å². The van der Waals surface area contributed by atoms with Crippen LogP contribution in [0, 0.1) is 5.82 Å². The second kappa shape index (κ2) is 7.84. The number of hydrogen-bond acceptors (Lipinski definition) is 7. The third-order valence-electron chi connectivity index (χ3n) is 7.33. The molecule has 1 aromatic carbocycles. The lowest BCUT2D eigenvalue weighted by molar-refractivity contribution is -0.172. The second-order valence-electron chi connectivity index (χ2n) is 9.22. The minimum Gasteiger partial charge on any atom is -0.458 e. The molecule has 10 heteroatoms. The largest absolute Gasteiger partial charge is 0.458 e. The van der Waals surface area contributed by atoms with E-state index in [1.165, 1.54) is 16.7 Å². The van der Waals surface area contributed by atoms with E-state index in [9.17, 15) is 23.9 Å². The third-order valence-corrected chi connectivity index (χ3v) is 7.33. The molecule has 3 aliphatic rings. The Morgan fingerprint density at radius 1 is 1.26 bits per heavy atom. The number of morpholine rings is 1. The lowest BCUT2D eigenvalue weighted by atomic mass is 9.86. The first-order valence-electron chi connectivity index (χ1n) is 11.7. The molecule has 9 nitrogen and oxygen atoms in total. The van der Waals surface area contributed by atoms with Crippen LogP contribution in [0.25, 0.3) is 22.2 Å². The summed E-state index contributed by atoms with van der Waals surface area (Å²) in [7, 11) is 0. The van der Waals surface area contributed by atoms with Crippen molar-refractivity contribution in [1.29, 1.82) is 0 Å². The van der Waals surface area contributed by atoms with E-state index >= 15 is 0 Å². The van der Waals surface area contributed by atoms with Gasteiger partial charge in [0.1, 0.15) is 12.4 Å². The molecule has 5 heterocycles. The Balaban J connectivity index is 1.63. The van der Waals surface area contributed by atoms with Crippen LogP contribution in [0.5, 0.6) is 0 Å². The number of pyridine rings is 2. The Hall–Kier alpha value is -3.34. The maximum Gasteiger partial charge on any atom is 0.343 e. The van der Waals surface area contributed by atoms with Crippen LogP contribution < -0.4 is 16.3 Å². The molecule has 1 fully saturated rings. The molecule has 182 valence electrons. The van der Waals surface area contributed by atoms with Gasteiger partial charge in [0, 0.05) is 24.0 Å². The fraction of sp³-hybridized carbons (Fsp3) is 0.400. The zero-order valence-corrected chi connectivity index (χ0v) is 19.1. The number of carbonyl (C=O) groups is 1. The molecule has 1 saturated heterocycles. The summed E-state index contributed by atoms with van der Waals surface area (Å²) in [5.41, 5.74) is -0.724. The Labute approximate surface area is 198 Å². The molecule has 0 aliphatic carbocycles. The number of esters is 1. The van der Waals surface area contributed by atoms with Gasteiger partial charge in [0.15, 0.2) is 11.0 Å². The summed E-state index contributed by atoms with van der Waals surface area (Å²) in [6, 6.07) is 5.62. The number of hydrogen-bond donors (Lipinski definition) is 2. The molecule has 2 atom stereocenters. The number of rotatable bonds is 3. The summed E-state index contributed by atoms with van der Waals surface area (Å²) in [4.78, 5) is 39.6. The number of benzene rings is 1. The summed E-state index contributed by atoms with van der Waals surface area (Å²) >= 11 is 0. The Morgan fingerprint density at radius 3 is 2.83 bits per heavy atom. The van der Waals surface area contributed by atoms with Gasteiger partial charge in [-0.1, -0.05) is 6.92 Å². The maximum absolute atomic E-state index is 14.2. The number of carbonyl (C=O) groups excluding carboxylic acids is 1. The summed E-state index contributed by atoms with van der Waals surface area (Å²) in [6.45, 7) is 3.82. The first-order chi connectivity index (χ1) is 16.8. The van der Waals surface area contributed by atoms with Crippen LogP contribution in [-0.4, -0.2) is 46.0 Å². The van der Waals surface area contributed by atoms with Gasteiger partial charge in [0.2, 0.25) is 0 Å². The quantitative estimate of drug-likeness (QED) is 0.420. The van der Waals surface area contributed by atoms with E-state index < -0.39 is 28.4 Å². The minimum atomic E-state index is -1.98. The zero-order chi connectivity index (χ0) is 24.5. The van der Waals surface area contributed by atoms with Gasteiger partial charge >= 0.3 is 5.97 Å². The van der Waals surface area contributed by atoms with Crippen molar-refractivity contribution in [1.82, 2.24) is 14.5 Å². The average molecular weight is 481 g/mol. The molecule has 2 N–H and O–H groups in total. The normalized spacial score (nSPS) is 23.1. The predicted octanol–water partition coefficient (Wildman–Crippen LogP) is 0.974. The standard InChI is InChI=1S/C25H24FN3O6/c1-2-25(33)17-8-19-21-20(11-29(19)23(31)16(17)12-35-24(25)32)28(10-14-9-27-5-6-34-14)18-4-3-13(26)7-15(18)22(21)30/h3-4,7-8,14,27,33H,2,5-6,9-12H2,1H3/t14?,25-/m0/s1. The van der Waals surface area contributed by atoms with Crippen LogP contribution in [0.3, 0.4) is 0 Å². The highest BCUT2D eigenvalue weighted by molar-refractivity contribution is 5.88. The zero-order valence-electron chi connectivity index (χ0n) is 19.1. The third kappa shape index (κ3) is 3.13. The van der Waals surface area contributed by atoms with Gasteiger partial charge in [0.25, 0.3) is 5.56 Å². The van der Waals surface area contributed by atoms with E-state index in [-0.39, 0.29) is 47.8 Å². The van der Waals surface area contributed by atoms with Crippen LogP contribution in [0.2, 0.25) is 0 Å². The van der Waals surface area contributed by atoms with Gasteiger partial charge in [-0.3, -0.25) is 9.59 Å². The first kappa shape index (κ1) is 22.1. The summed E-state index contributed by atoms with van der Waals surface area (Å²) in [6.07, 6.45) is -0.165. The lowest BCUT2D eigenvalue weighted by Crippen LogP contribution is -2.44. The van der Waals surface area contributed by atoms with E-state index in [0.717, 1.165) is 6.54 Å². The number of nitrogens with one attached hydrogen (secondary N) is 1. The number of aromatic nitrogens is 2. The van der Waals surface area contributed by atoms with Gasteiger partial charge in [-0.2, -0.15) is 0 Å². The molecule has 6 rings (SSSR count). The van der Waals surface area contributed by atoms with Gasteiger partial charge < -0.3 is 29.0 Å². The monoisotopic (exact) mass is 481 g/mol. The smallest absolute Gasteiger partial charge is 0.343 e. The predicted molar refractivity (Wildman–Crippen MR) is 124 cm³/mol. The van der Waals surface area contributed by atoms with Crippen molar-refractivity contribution in [2.75, 3.05) is 19.7 Å². The lowest BCUT2D eigenvalue weighted by Gasteiger charge is -2.31. The van der Waals surface area contributed by atoms with Gasteiger partial charge in [0.05, 0.1) is 53.8 Å². The second-order valence-corrected chi connectivity index (χ2v) is 9.22. The molecular weight excluding hydrogens is 457 g/mol. The topological polar surface area (TPSA) is 112 Å². The highest BCUT2D eigenvalue weighted by atomic mass is 19.1. The van der Waals surface area contributed by atoms with E-state index in [1.807, 2.05) is 4.57 Å². The van der Waals surface area contributed by atoms with Crippen LogP contribution in [0.1, 0.15) is 30.2 Å². The number of nitrogens with zero attached hydrogens (tertiary/aromatic N) is 2. The SMILES string of the molecule is CC[C@@]1(O)C(=O)OCc2c1cc1n(c2=O)Cc2c-1c(=O)c1cc(F)ccc1n2CC1CNCCO1. The molecule has 3 aliphatic heterocycles. The van der Waals surface area contributed by atoms with Crippen molar-refractivity contribution in [3.05, 3.63) is 67.5 Å². The fourth-order valence-electron chi connectivity index (χ4n) is 5.46. The molecule has 0 radical (unpaired) electrons. The molecule has 0 saturated carbocycles. The van der Waals surface area contributed by atoms with Crippen molar-refractivity contribution in [2.24, 2.45) is 0 Å². The molecule has 35 heavy (non-hydrogen) atoms. The number of ether oxygens (including phenoxy) is 2. The van der Waals surface area contributed by atoms with Crippen molar-refractivity contribution >= 4 is 16.9 Å². The highest BCUT2D eigenvalue weighted by Gasteiger charge is 2.45. The Kier molecular flexibility index (Phi) is 4.96. The fourth-order valence-corrected chi connectivity index (χ4v) is 5.46. The molecule has 0 amide bonds. The highest BCUT2D eigenvalue weighted by Crippen LogP contribution is 2.38. The molecule has 0 spiro atoms. The maximum atomic E-state index is 14.2. The summed E-state index contributed by atoms with van der Waals surface area (Å²) < 4.78 is 28.6.